The van der Waals surface area contributed by atoms with Crippen LogP contribution in [0.25, 0.3) is 0 Å². The van der Waals surface area contributed by atoms with Gasteiger partial charge in [-0.15, -0.1) is 11.6 Å². The summed E-state index contributed by atoms with van der Waals surface area (Å²) in [6.07, 6.45) is 3.38. The third-order valence-corrected chi connectivity index (χ3v) is 2.80. The minimum atomic E-state index is 0.400. The van der Waals surface area contributed by atoms with Crippen molar-refractivity contribution in [2.24, 2.45) is 0 Å². The molecule has 0 saturated carbocycles. The molecular formula is C9H13ClIN3. The van der Waals surface area contributed by atoms with Crippen molar-refractivity contribution >= 4 is 40.0 Å². The Bertz CT molecular complexity index is 293. The molecule has 0 aliphatic carbocycles. The van der Waals surface area contributed by atoms with E-state index in [-0.39, 0.29) is 0 Å². The molecule has 0 aliphatic heterocycles. The number of hydrogen-bond acceptors (Lipinski definition) is 3. The first kappa shape index (κ1) is 12.0. The zero-order chi connectivity index (χ0) is 10.6. The second-order valence-corrected chi connectivity index (χ2v) is 4.71. The van der Waals surface area contributed by atoms with Crippen molar-refractivity contribution in [3.63, 3.8) is 0 Å². The van der Waals surface area contributed by atoms with E-state index >= 15 is 0 Å². The first-order chi connectivity index (χ1) is 6.66. The molecule has 0 spiro atoms. The summed E-state index contributed by atoms with van der Waals surface area (Å²) in [7, 11) is 0. The summed E-state index contributed by atoms with van der Waals surface area (Å²) in [6.45, 7) is 5.07. The Kier molecular flexibility index (Phi) is 4.88. The molecule has 1 aromatic heterocycles. The molecule has 0 amide bonds. The molecule has 0 N–H and O–H groups in total. The lowest BCUT2D eigenvalue weighted by molar-refractivity contribution is 0.692. The summed E-state index contributed by atoms with van der Waals surface area (Å²) >= 11 is 7.99. The second kappa shape index (κ2) is 5.70. The number of nitrogens with zero attached hydrogens (tertiary/aromatic N) is 3. The van der Waals surface area contributed by atoms with Crippen LogP contribution < -0.4 is 4.90 Å². The molecule has 0 bridgehead atoms. The molecule has 5 heteroatoms. The standard InChI is InChI=1S/C9H13ClIN3/c1-7(2)14(4-3-10)9-8(11)5-12-6-13-9/h5-7H,3-4H2,1-2H3. The van der Waals surface area contributed by atoms with Crippen LogP contribution in [0.15, 0.2) is 12.5 Å². The Morgan fingerprint density at radius 1 is 1.57 bits per heavy atom. The van der Waals surface area contributed by atoms with E-state index in [9.17, 15) is 0 Å². The molecule has 0 unspecified atom stereocenters. The fourth-order valence-corrected chi connectivity index (χ4v) is 2.01. The summed E-state index contributed by atoms with van der Waals surface area (Å²) in [4.78, 5) is 10.4. The minimum Gasteiger partial charge on any atom is -0.352 e. The average Bonchev–Trinajstić information content (AvgIpc) is 2.15. The maximum Gasteiger partial charge on any atom is 0.145 e. The molecule has 3 nitrogen and oxygen atoms in total. The summed E-state index contributed by atoms with van der Waals surface area (Å²) in [5.41, 5.74) is 0. The van der Waals surface area contributed by atoms with Crippen LogP contribution in [0, 0.1) is 3.57 Å². The van der Waals surface area contributed by atoms with Crippen LogP contribution in [0.1, 0.15) is 13.8 Å². The zero-order valence-corrected chi connectivity index (χ0v) is 11.2. The molecule has 14 heavy (non-hydrogen) atoms. The first-order valence-electron chi connectivity index (χ1n) is 4.45. The topological polar surface area (TPSA) is 29.0 Å². The fourth-order valence-electron chi connectivity index (χ4n) is 1.22. The predicted molar refractivity (Wildman–Crippen MR) is 68.0 cm³/mol. The second-order valence-electron chi connectivity index (χ2n) is 3.17. The van der Waals surface area contributed by atoms with E-state index in [4.69, 9.17) is 11.6 Å². The number of rotatable bonds is 4. The highest BCUT2D eigenvalue weighted by atomic mass is 127. The van der Waals surface area contributed by atoms with Crippen molar-refractivity contribution in [3.05, 3.63) is 16.1 Å². The Hall–Kier alpha value is -0.100. The third kappa shape index (κ3) is 2.95. The van der Waals surface area contributed by atoms with Gasteiger partial charge in [-0.05, 0) is 36.4 Å². The van der Waals surface area contributed by atoms with Crippen LogP contribution in [0.2, 0.25) is 0 Å². The molecule has 1 rings (SSSR count). The van der Waals surface area contributed by atoms with Gasteiger partial charge in [-0.2, -0.15) is 0 Å². The van der Waals surface area contributed by atoms with Gasteiger partial charge < -0.3 is 4.90 Å². The summed E-state index contributed by atoms with van der Waals surface area (Å²) in [5.74, 6) is 1.58. The average molecular weight is 326 g/mol. The van der Waals surface area contributed by atoms with Gasteiger partial charge in [0.1, 0.15) is 12.1 Å². The highest BCUT2D eigenvalue weighted by Gasteiger charge is 2.13. The van der Waals surface area contributed by atoms with Gasteiger partial charge >= 0.3 is 0 Å². The maximum absolute atomic E-state index is 5.76. The van der Waals surface area contributed by atoms with Gasteiger partial charge in [0.25, 0.3) is 0 Å². The highest BCUT2D eigenvalue weighted by Crippen LogP contribution is 2.19. The largest absolute Gasteiger partial charge is 0.352 e. The summed E-state index contributed by atoms with van der Waals surface area (Å²) < 4.78 is 1.06. The van der Waals surface area contributed by atoms with Crippen molar-refractivity contribution < 1.29 is 0 Å². The van der Waals surface area contributed by atoms with Crippen molar-refractivity contribution in [1.29, 1.82) is 0 Å². The van der Waals surface area contributed by atoms with Crippen LogP contribution in [0.5, 0.6) is 0 Å². The van der Waals surface area contributed by atoms with E-state index in [1.165, 1.54) is 0 Å². The Balaban J connectivity index is 2.93. The molecule has 0 saturated heterocycles. The fraction of sp³-hybridized carbons (Fsp3) is 0.556. The van der Waals surface area contributed by atoms with Gasteiger partial charge in [0.05, 0.1) is 3.57 Å². The van der Waals surface area contributed by atoms with Gasteiger partial charge in [-0.1, -0.05) is 0 Å². The minimum absolute atomic E-state index is 0.400. The summed E-state index contributed by atoms with van der Waals surface area (Å²) in [6, 6.07) is 0.400. The zero-order valence-electron chi connectivity index (χ0n) is 8.24. The van der Waals surface area contributed by atoms with Crippen LogP contribution in [-0.4, -0.2) is 28.4 Å². The molecule has 0 atom stereocenters. The lowest BCUT2D eigenvalue weighted by atomic mass is 10.3. The number of alkyl halides is 1. The Labute approximate surface area is 103 Å². The van der Waals surface area contributed by atoms with E-state index in [0.29, 0.717) is 11.9 Å². The molecule has 0 aromatic carbocycles. The predicted octanol–water partition coefficient (Wildman–Crippen LogP) is 2.53. The molecule has 78 valence electrons. The maximum atomic E-state index is 5.76. The lowest BCUT2D eigenvalue weighted by Gasteiger charge is -2.27. The van der Waals surface area contributed by atoms with E-state index in [2.05, 4.69) is 51.3 Å². The van der Waals surface area contributed by atoms with Crippen molar-refractivity contribution in [2.45, 2.75) is 19.9 Å². The van der Waals surface area contributed by atoms with Crippen molar-refractivity contribution in [2.75, 3.05) is 17.3 Å². The normalized spacial score (nSPS) is 10.6. The number of anilines is 1. The Morgan fingerprint density at radius 2 is 2.29 bits per heavy atom. The van der Waals surface area contributed by atoms with Gasteiger partial charge in [0.2, 0.25) is 0 Å². The van der Waals surface area contributed by atoms with Gasteiger partial charge in [0.15, 0.2) is 0 Å². The van der Waals surface area contributed by atoms with Gasteiger partial charge in [-0.25, -0.2) is 9.97 Å². The lowest BCUT2D eigenvalue weighted by Crippen LogP contribution is -2.34. The van der Waals surface area contributed by atoms with E-state index < -0.39 is 0 Å². The van der Waals surface area contributed by atoms with E-state index in [1.807, 2.05) is 6.20 Å². The van der Waals surface area contributed by atoms with Crippen LogP contribution in [0.3, 0.4) is 0 Å². The summed E-state index contributed by atoms with van der Waals surface area (Å²) in [5, 5.41) is 0. The smallest absolute Gasteiger partial charge is 0.145 e. The monoisotopic (exact) mass is 325 g/mol. The molecule has 0 radical (unpaired) electrons. The van der Waals surface area contributed by atoms with Crippen molar-refractivity contribution in [3.8, 4) is 0 Å². The molecule has 1 aromatic rings. The number of aromatic nitrogens is 2. The van der Waals surface area contributed by atoms with E-state index in [1.54, 1.807) is 6.33 Å². The van der Waals surface area contributed by atoms with Crippen LogP contribution in [-0.2, 0) is 0 Å². The van der Waals surface area contributed by atoms with E-state index in [0.717, 1.165) is 15.9 Å². The number of halogens is 2. The van der Waals surface area contributed by atoms with Crippen LogP contribution in [0.4, 0.5) is 5.82 Å². The molecule has 1 heterocycles. The SMILES string of the molecule is CC(C)N(CCCl)c1ncncc1I. The molecule has 0 fully saturated rings. The number of hydrogen-bond donors (Lipinski definition) is 0. The molecular weight excluding hydrogens is 312 g/mol. The van der Waals surface area contributed by atoms with Gasteiger partial charge in [0, 0.05) is 24.7 Å². The van der Waals surface area contributed by atoms with Crippen LogP contribution >= 0.6 is 34.2 Å². The Morgan fingerprint density at radius 3 is 2.79 bits per heavy atom. The van der Waals surface area contributed by atoms with Gasteiger partial charge in [-0.3, -0.25) is 0 Å². The first-order valence-corrected chi connectivity index (χ1v) is 6.06. The highest BCUT2D eigenvalue weighted by molar-refractivity contribution is 14.1. The third-order valence-electron chi connectivity index (χ3n) is 1.87. The quantitative estimate of drug-likeness (QED) is 0.629. The van der Waals surface area contributed by atoms with Crippen molar-refractivity contribution in [1.82, 2.24) is 9.97 Å². The molecule has 0 aliphatic rings.